The van der Waals surface area contributed by atoms with Crippen LogP contribution < -0.4 is 10.1 Å². The number of carboxylic acid groups (broad SMARTS) is 1. The second-order valence-electron chi connectivity index (χ2n) is 6.61. The standard InChI is InChI=1S/C22H14F6N2O3/c1-2-17(19-15(24)8-11(23)9-16(19)25)30-18-6-5-12(10-13(18)21(31)32)33-20-14(22(26,27)28)4-3-7-29-20/h2-10,17,30H,1H2,(H,31,32). The van der Waals surface area contributed by atoms with E-state index >= 15 is 0 Å². The third-order valence-corrected chi connectivity index (χ3v) is 4.41. The molecule has 0 radical (unpaired) electrons. The largest absolute Gasteiger partial charge is 0.478 e. The summed E-state index contributed by atoms with van der Waals surface area (Å²) in [5.41, 5.74) is -2.41. The molecular formula is C22H14F6N2O3. The van der Waals surface area contributed by atoms with Crippen LogP contribution in [0, 0.1) is 17.5 Å². The zero-order chi connectivity index (χ0) is 24.3. The van der Waals surface area contributed by atoms with Crippen LogP contribution in [0.2, 0.25) is 0 Å². The molecule has 172 valence electrons. The maximum atomic E-state index is 14.1. The lowest BCUT2D eigenvalue weighted by atomic mass is 10.0. The normalized spacial score (nSPS) is 12.2. The van der Waals surface area contributed by atoms with Crippen molar-refractivity contribution in [2.45, 2.75) is 12.2 Å². The van der Waals surface area contributed by atoms with Crippen LogP contribution in [0.25, 0.3) is 0 Å². The van der Waals surface area contributed by atoms with Crippen molar-refractivity contribution in [3.63, 3.8) is 0 Å². The predicted octanol–water partition coefficient (Wildman–Crippen LogP) is 6.35. The zero-order valence-corrected chi connectivity index (χ0v) is 16.5. The fourth-order valence-corrected chi connectivity index (χ4v) is 2.96. The van der Waals surface area contributed by atoms with E-state index in [9.17, 15) is 36.2 Å². The summed E-state index contributed by atoms with van der Waals surface area (Å²) in [5.74, 6) is -6.18. The van der Waals surface area contributed by atoms with Crippen molar-refractivity contribution in [2.24, 2.45) is 0 Å². The second kappa shape index (κ2) is 9.23. The molecule has 3 rings (SSSR count). The molecule has 11 heteroatoms. The number of carbonyl (C=O) groups is 1. The van der Waals surface area contributed by atoms with Gasteiger partial charge in [-0.25, -0.2) is 22.9 Å². The molecule has 1 aromatic heterocycles. The topological polar surface area (TPSA) is 71.5 Å². The summed E-state index contributed by atoms with van der Waals surface area (Å²) < 4.78 is 86.1. The van der Waals surface area contributed by atoms with Gasteiger partial charge in [0.2, 0.25) is 5.88 Å². The van der Waals surface area contributed by atoms with E-state index in [0.717, 1.165) is 42.6 Å². The summed E-state index contributed by atoms with van der Waals surface area (Å²) in [7, 11) is 0. The van der Waals surface area contributed by atoms with Crippen LogP contribution in [0.4, 0.5) is 32.0 Å². The Morgan fingerprint density at radius 3 is 2.36 bits per heavy atom. The molecule has 3 aromatic rings. The first-order valence-corrected chi connectivity index (χ1v) is 9.12. The van der Waals surface area contributed by atoms with Crippen molar-refractivity contribution in [1.82, 2.24) is 4.98 Å². The number of aromatic carboxylic acids is 1. The number of alkyl halides is 3. The maximum Gasteiger partial charge on any atom is 0.421 e. The van der Waals surface area contributed by atoms with Gasteiger partial charge in [0.05, 0.1) is 11.6 Å². The smallest absolute Gasteiger partial charge is 0.421 e. The maximum absolute atomic E-state index is 14.1. The van der Waals surface area contributed by atoms with E-state index in [1.807, 2.05) is 0 Å². The summed E-state index contributed by atoms with van der Waals surface area (Å²) in [6, 6.07) is 4.60. The van der Waals surface area contributed by atoms with Crippen molar-refractivity contribution in [1.29, 1.82) is 0 Å². The first-order valence-electron chi connectivity index (χ1n) is 9.12. The van der Waals surface area contributed by atoms with E-state index in [4.69, 9.17) is 4.74 Å². The monoisotopic (exact) mass is 468 g/mol. The van der Waals surface area contributed by atoms with Crippen LogP contribution in [0.3, 0.4) is 0 Å². The summed E-state index contributed by atoms with van der Waals surface area (Å²) >= 11 is 0. The van der Waals surface area contributed by atoms with Crippen LogP contribution in [0.5, 0.6) is 11.6 Å². The molecule has 1 heterocycles. The molecule has 0 amide bonds. The molecular weight excluding hydrogens is 454 g/mol. The Labute approximate surface area is 183 Å². The minimum Gasteiger partial charge on any atom is -0.478 e. The summed E-state index contributed by atoms with van der Waals surface area (Å²) in [6.45, 7) is 3.44. The van der Waals surface area contributed by atoms with Crippen LogP contribution in [-0.2, 0) is 6.18 Å². The summed E-state index contributed by atoms with van der Waals surface area (Å²) in [4.78, 5) is 15.3. The molecule has 0 saturated heterocycles. The number of aromatic nitrogens is 1. The van der Waals surface area contributed by atoms with Gasteiger partial charge in [-0.1, -0.05) is 6.08 Å². The number of nitrogens with one attached hydrogen (secondary N) is 1. The number of hydrogen-bond donors (Lipinski definition) is 2. The lowest BCUT2D eigenvalue weighted by Crippen LogP contribution is -2.15. The molecule has 0 saturated carbocycles. The number of rotatable bonds is 7. The Morgan fingerprint density at radius 2 is 1.79 bits per heavy atom. The zero-order valence-electron chi connectivity index (χ0n) is 16.5. The average Bonchev–Trinajstić information content (AvgIpc) is 2.72. The number of anilines is 1. The highest BCUT2D eigenvalue weighted by Gasteiger charge is 2.35. The third-order valence-electron chi connectivity index (χ3n) is 4.41. The lowest BCUT2D eigenvalue weighted by Gasteiger charge is -2.20. The van der Waals surface area contributed by atoms with Gasteiger partial charge in [0.25, 0.3) is 0 Å². The van der Waals surface area contributed by atoms with Gasteiger partial charge in [0.15, 0.2) is 0 Å². The molecule has 1 atom stereocenters. The van der Waals surface area contributed by atoms with E-state index < -0.39 is 58.2 Å². The number of nitrogens with zero attached hydrogens (tertiary/aromatic N) is 1. The Morgan fingerprint density at radius 1 is 1.12 bits per heavy atom. The van der Waals surface area contributed by atoms with Gasteiger partial charge < -0.3 is 15.2 Å². The van der Waals surface area contributed by atoms with Gasteiger partial charge in [-0.3, -0.25) is 0 Å². The van der Waals surface area contributed by atoms with Gasteiger partial charge in [-0.15, -0.1) is 6.58 Å². The van der Waals surface area contributed by atoms with Crippen LogP contribution in [0.1, 0.15) is 27.5 Å². The fraction of sp³-hybridized carbons (Fsp3) is 0.0909. The van der Waals surface area contributed by atoms with E-state index in [0.29, 0.717) is 12.1 Å². The van der Waals surface area contributed by atoms with Gasteiger partial charge >= 0.3 is 12.1 Å². The minimum atomic E-state index is -4.76. The van der Waals surface area contributed by atoms with Gasteiger partial charge in [-0.2, -0.15) is 13.2 Å². The van der Waals surface area contributed by atoms with Gasteiger partial charge in [-0.05, 0) is 30.3 Å². The molecule has 1 unspecified atom stereocenters. The molecule has 0 aliphatic rings. The molecule has 0 fully saturated rings. The second-order valence-corrected chi connectivity index (χ2v) is 6.61. The Balaban J connectivity index is 1.96. The molecule has 33 heavy (non-hydrogen) atoms. The molecule has 0 bridgehead atoms. The van der Waals surface area contributed by atoms with Crippen molar-refractivity contribution in [3.8, 4) is 11.6 Å². The van der Waals surface area contributed by atoms with Crippen LogP contribution in [-0.4, -0.2) is 16.1 Å². The predicted molar refractivity (Wildman–Crippen MR) is 106 cm³/mol. The van der Waals surface area contributed by atoms with Crippen molar-refractivity contribution < 1.29 is 41.0 Å². The summed E-state index contributed by atoms with van der Waals surface area (Å²) in [5, 5.41) is 12.1. The van der Waals surface area contributed by atoms with E-state index in [1.54, 1.807) is 0 Å². The van der Waals surface area contributed by atoms with Crippen LogP contribution in [0.15, 0.2) is 61.3 Å². The van der Waals surface area contributed by atoms with E-state index in [-0.39, 0.29) is 11.4 Å². The highest BCUT2D eigenvalue weighted by atomic mass is 19.4. The minimum absolute atomic E-state index is 0.153. The van der Waals surface area contributed by atoms with Crippen molar-refractivity contribution in [2.75, 3.05) is 5.32 Å². The lowest BCUT2D eigenvalue weighted by molar-refractivity contribution is -0.138. The first-order chi connectivity index (χ1) is 15.5. The quantitative estimate of drug-likeness (QED) is 0.313. The molecule has 0 aliphatic heterocycles. The number of ether oxygens (including phenoxy) is 1. The highest BCUT2D eigenvalue weighted by molar-refractivity contribution is 5.95. The molecule has 2 aromatic carbocycles. The van der Waals surface area contributed by atoms with Crippen LogP contribution >= 0.6 is 0 Å². The van der Waals surface area contributed by atoms with Gasteiger partial charge in [0, 0.05) is 29.6 Å². The van der Waals surface area contributed by atoms with Crippen molar-refractivity contribution in [3.05, 3.63) is 95.5 Å². The van der Waals surface area contributed by atoms with Gasteiger partial charge in [0.1, 0.15) is 28.8 Å². The Hall–Kier alpha value is -4.02. The van der Waals surface area contributed by atoms with E-state index in [2.05, 4.69) is 16.9 Å². The van der Waals surface area contributed by atoms with Crippen molar-refractivity contribution >= 4 is 11.7 Å². The Bertz CT molecular complexity index is 1190. The number of halogens is 6. The average molecular weight is 468 g/mol. The SMILES string of the molecule is C=CC(Nc1ccc(Oc2ncccc2C(F)(F)F)cc1C(=O)O)c1c(F)cc(F)cc1F. The molecule has 5 nitrogen and oxygen atoms in total. The number of benzene rings is 2. The summed E-state index contributed by atoms with van der Waals surface area (Å²) in [6.07, 6.45) is -2.63. The number of carboxylic acids is 1. The molecule has 0 spiro atoms. The molecule has 2 N–H and O–H groups in total. The Kier molecular flexibility index (Phi) is 6.61. The number of hydrogen-bond acceptors (Lipinski definition) is 4. The first kappa shape index (κ1) is 23.6. The number of pyridine rings is 1. The highest BCUT2D eigenvalue weighted by Crippen LogP contribution is 2.37. The fourth-order valence-electron chi connectivity index (χ4n) is 2.96. The van der Waals surface area contributed by atoms with E-state index in [1.165, 1.54) is 0 Å². The molecule has 0 aliphatic carbocycles. The third kappa shape index (κ3) is 5.25.